The van der Waals surface area contributed by atoms with Gasteiger partial charge in [-0.3, -0.25) is 5.10 Å². The van der Waals surface area contributed by atoms with Gasteiger partial charge in [-0.15, -0.1) is 5.10 Å². The zero-order valence-electron chi connectivity index (χ0n) is 11.4. The molecule has 2 heterocycles. The molecular weight excluding hydrogens is 257 g/mol. The lowest BCUT2D eigenvalue weighted by Gasteiger charge is -2.28. The molecule has 0 bridgehead atoms. The second kappa shape index (κ2) is 5.20. The average Bonchev–Trinajstić information content (AvgIpc) is 2.88. The summed E-state index contributed by atoms with van der Waals surface area (Å²) in [7, 11) is 0. The Morgan fingerprint density at radius 1 is 1.30 bits per heavy atom. The highest BCUT2D eigenvalue weighted by atomic mass is 19.1. The second-order valence-corrected chi connectivity index (χ2v) is 5.33. The summed E-state index contributed by atoms with van der Waals surface area (Å²) < 4.78 is 13.4. The Bertz CT molecular complexity index is 581. The molecule has 6 heteroatoms. The van der Waals surface area contributed by atoms with Crippen molar-refractivity contribution in [3.05, 3.63) is 29.6 Å². The molecule has 2 aromatic rings. The molecule has 0 spiro atoms. The Hall–Kier alpha value is -1.95. The van der Waals surface area contributed by atoms with Crippen molar-refractivity contribution in [2.75, 3.05) is 18.0 Å². The van der Waals surface area contributed by atoms with E-state index in [0.29, 0.717) is 11.8 Å². The molecule has 1 saturated heterocycles. The van der Waals surface area contributed by atoms with E-state index in [9.17, 15) is 4.39 Å². The predicted molar refractivity (Wildman–Crippen MR) is 75.9 cm³/mol. The van der Waals surface area contributed by atoms with Crippen molar-refractivity contribution in [2.45, 2.75) is 25.8 Å². The van der Waals surface area contributed by atoms with Crippen LogP contribution in [0.15, 0.2) is 18.2 Å². The predicted octanol–water partition coefficient (Wildman–Crippen LogP) is 1.85. The molecule has 3 N–H and O–H groups in total. The van der Waals surface area contributed by atoms with Gasteiger partial charge in [-0.05, 0) is 43.5 Å². The van der Waals surface area contributed by atoms with Crippen LogP contribution in [0, 0.1) is 12.7 Å². The number of rotatable bonds is 2. The van der Waals surface area contributed by atoms with Gasteiger partial charge in [0.2, 0.25) is 5.95 Å². The van der Waals surface area contributed by atoms with Crippen molar-refractivity contribution >= 4 is 5.95 Å². The number of H-pyrrole nitrogens is 1. The number of nitrogens with two attached hydrogens (primary N) is 1. The molecule has 5 nitrogen and oxygen atoms in total. The largest absolute Gasteiger partial charge is 0.339 e. The molecule has 1 aliphatic rings. The first kappa shape index (κ1) is 13.1. The number of nitrogens with zero attached hydrogens (tertiary/aromatic N) is 3. The molecule has 1 aliphatic heterocycles. The van der Waals surface area contributed by atoms with Crippen LogP contribution in [0.4, 0.5) is 10.3 Å². The SMILES string of the molecule is Cc1cc(F)cc(-c2nc(N3CCC(N)CC3)n[nH]2)c1. The number of aromatic nitrogens is 3. The Morgan fingerprint density at radius 3 is 2.75 bits per heavy atom. The van der Waals surface area contributed by atoms with Gasteiger partial charge in [0.1, 0.15) is 5.82 Å². The van der Waals surface area contributed by atoms with Gasteiger partial charge in [0.05, 0.1) is 0 Å². The smallest absolute Gasteiger partial charge is 0.245 e. The highest BCUT2D eigenvalue weighted by molar-refractivity contribution is 5.57. The van der Waals surface area contributed by atoms with E-state index in [-0.39, 0.29) is 11.9 Å². The number of hydrogen-bond donors (Lipinski definition) is 2. The van der Waals surface area contributed by atoms with E-state index in [4.69, 9.17) is 5.73 Å². The van der Waals surface area contributed by atoms with Crippen LogP contribution in [0.2, 0.25) is 0 Å². The molecule has 0 aliphatic carbocycles. The molecule has 3 rings (SSSR count). The first-order valence-electron chi connectivity index (χ1n) is 6.82. The summed E-state index contributed by atoms with van der Waals surface area (Å²) >= 11 is 0. The van der Waals surface area contributed by atoms with Gasteiger partial charge in [-0.2, -0.15) is 4.98 Å². The summed E-state index contributed by atoms with van der Waals surface area (Å²) in [4.78, 5) is 6.57. The van der Waals surface area contributed by atoms with Crippen LogP contribution < -0.4 is 10.6 Å². The lowest BCUT2D eigenvalue weighted by atomic mass is 10.1. The third kappa shape index (κ3) is 2.65. The number of piperidine rings is 1. The van der Waals surface area contributed by atoms with Gasteiger partial charge < -0.3 is 10.6 Å². The Balaban J connectivity index is 1.83. The summed E-state index contributed by atoms with van der Waals surface area (Å²) in [6.45, 7) is 3.58. The minimum Gasteiger partial charge on any atom is -0.339 e. The van der Waals surface area contributed by atoms with Crippen LogP contribution in [0.25, 0.3) is 11.4 Å². The van der Waals surface area contributed by atoms with Crippen molar-refractivity contribution in [3.63, 3.8) is 0 Å². The molecule has 20 heavy (non-hydrogen) atoms. The van der Waals surface area contributed by atoms with E-state index in [1.807, 2.05) is 13.0 Å². The molecule has 1 aromatic carbocycles. The summed E-state index contributed by atoms with van der Waals surface area (Å²) in [5.74, 6) is 0.994. The molecule has 0 saturated carbocycles. The number of halogens is 1. The summed E-state index contributed by atoms with van der Waals surface area (Å²) in [6, 6.07) is 5.12. The van der Waals surface area contributed by atoms with Crippen molar-refractivity contribution < 1.29 is 4.39 Å². The van der Waals surface area contributed by atoms with E-state index < -0.39 is 0 Å². The third-order valence-corrected chi connectivity index (χ3v) is 3.61. The van der Waals surface area contributed by atoms with Gasteiger partial charge in [-0.1, -0.05) is 0 Å². The van der Waals surface area contributed by atoms with Crippen LogP contribution in [0.5, 0.6) is 0 Å². The maximum atomic E-state index is 13.4. The highest BCUT2D eigenvalue weighted by Crippen LogP contribution is 2.21. The van der Waals surface area contributed by atoms with Crippen molar-refractivity contribution in [3.8, 4) is 11.4 Å². The van der Waals surface area contributed by atoms with Crippen molar-refractivity contribution in [1.82, 2.24) is 15.2 Å². The van der Waals surface area contributed by atoms with Gasteiger partial charge in [0, 0.05) is 24.7 Å². The zero-order valence-corrected chi connectivity index (χ0v) is 11.4. The third-order valence-electron chi connectivity index (χ3n) is 3.61. The van der Waals surface area contributed by atoms with Crippen LogP contribution in [-0.2, 0) is 0 Å². The molecular formula is C14H18FN5. The number of nitrogens with one attached hydrogen (secondary N) is 1. The molecule has 0 atom stereocenters. The van der Waals surface area contributed by atoms with Crippen LogP contribution in [0.3, 0.4) is 0 Å². The minimum atomic E-state index is -0.262. The fourth-order valence-corrected chi connectivity index (χ4v) is 2.50. The average molecular weight is 275 g/mol. The van der Waals surface area contributed by atoms with E-state index in [1.54, 1.807) is 0 Å². The lowest BCUT2D eigenvalue weighted by molar-refractivity contribution is 0.496. The standard InChI is InChI=1S/C14H18FN5/c1-9-6-10(8-11(15)7-9)13-17-14(19-18-13)20-4-2-12(16)3-5-20/h6-8,12H,2-5,16H2,1H3,(H,17,18,19). The van der Waals surface area contributed by atoms with Crippen LogP contribution in [-0.4, -0.2) is 34.3 Å². The zero-order chi connectivity index (χ0) is 14.1. The summed E-state index contributed by atoms with van der Waals surface area (Å²) in [6.07, 6.45) is 1.89. The van der Waals surface area contributed by atoms with Gasteiger partial charge in [0.15, 0.2) is 5.82 Å². The van der Waals surface area contributed by atoms with Crippen LogP contribution in [0.1, 0.15) is 18.4 Å². The molecule has 0 radical (unpaired) electrons. The molecule has 0 unspecified atom stereocenters. The number of hydrogen-bond acceptors (Lipinski definition) is 4. The summed E-state index contributed by atoms with van der Waals surface area (Å²) in [5.41, 5.74) is 7.47. The Morgan fingerprint density at radius 2 is 2.05 bits per heavy atom. The van der Waals surface area contributed by atoms with Gasteiger partial charge in [0.25, 0.3) is 0 Å². The fourth-order valence-electron chi connectivity index (χ4n) is 2.50. The van der Waals surface area contributed by atoms with Gasteiger partial charge in [-0.25, -0.2) is 4.39 Å². The number of benzene rings is 1. The topological polar surface area (TPSA) is 70.8 Å². The maximum absolute atomic E-state index is 13.4. The quantitative estimate of drug-likeness (QED) is 0.877. The molecule has 0 amide bonds. The number of anilines is 1. The Kier molecular flexibility index (Phi) is 3.40. The first-order chi connectivity index (χ1) is 9.61. The fraction of sp³-hybridized carbons (Fsp3) is 0.429. The molecule has 1 aromatic heterocycles. The van der Waals surface area contributed by atoms with E-state index in [1.165, 1.54) is 12.1 Å². The first-order valence-corrected chi connectivity index (χ1v) is 6.82. The number of aryl methyl sites for hydroxylation is 1. The lowest BCUT2D eigenvalue weighted by Crippen LogP contribution is -2.40. The highest BCUT2D eigenvalue weighted by Gasteiger charge is 2.19. The molecule has 106 valence electrons. The van der Waals surface area contributed by atoms with Crippen molar-refractivity contribution in [2.24, 2.45) is 5.73 Å². The Labute approximate surface area is 117 Å². The normalized spacial score (nSPS) is 16.6. The summed E-state index contributed by atoms with van der Waals surface area (Å²) in [5, 5.41) is 7.11. The number of aromatic amines is 1. The van der Waals surface area contributed by atoms with Crippen molar-refractivity contribution in [1.29, 1.82) is 0 Å². The minimum absolute atomic E-state index is 0.262. The monoisotopic (exact) mass is 275 g/mol. The van der Waals surface area contributed by atoms with E-state index in [0.717, 1.165) is 37.1 Å². The van der Waals surface area contributed by atoms with E-state index in [2.05, 4.69) is 20.1 Å². The molecule has 1 fully saturated rings. The maximum Gasteiger partial charge on any atom is 0.245 e. The van der Waals surface area contributed by atoms with E-state index >= 15 is 0 Å². The van der Waals surface area contributed by atoms with Gasteiger partial charge >= 0.3 is 0 Å². The van der Waals surface area contributed by atoms with Crippen LogP contribution >= 0.6 is 0 Å². The second-order valence-electron chi connectivity index (χ2n) is 5.33.